The zero-order valence-corrected chi connectivity index (χ0v) is 18.5. The van der Waals surface area contributed by atoms with E-state index in [9.17, 15) is 4.57 Å². The van der Waals surface area contributed by atoms with E-state index in [0.29, 0.717) is 0 Å². The van der Waals surface area contributed by atoms with Gasteiger partial charge in [0.05, 0.1) is 0 Å². The summed E-state index contributed by atoms with van der Waals surface area (Å²) < 4.78 is 14.6. The SMILES string of the molecule is O=P(c1ccccc1)(c1ccccc1)c1cccc(-c2ccc(-c3ccccc3)cc2)c1. The van der Waals surface area contributed by atoms with Gasteiger partial charge in [-0.1, -0.05) is 133 Å². The van der Waals surface area contributed by atoms with Crippen LogP contribution in [0.2, 0.25) is 0 Å². The molecule has 154 valence electrons. The Bertz CT molecular complexity index is 1320. The second-order valence-corrected chi connectivity index (χ2v) is 10.5. The molecule has 0 atom stereocenters. The topological polar surface area (TPSA) is 17.1 Å². The van der Waals surface area contributed by atoms with Gasteiger partial charge in [0.1, 0.15) is 0 Å². The fourth-order valence-corrected chi connectivity index (χ4v) is 6.79. The van der Waals surface area contributed by atoms with Crippen LogP contribution < -0.4 is 15.9 Å². The summed E-state index contributed by atoms with van der Waals surface area (Å²) in [5, 5.41) is 2.55. The largest absolute Gasteiger partial charge is 0.309 e. The van der Waals surface area contributed by atoms with Crippen molar-refractivity contribution in [3.63, 3.8) is 0 Å². The summed E-state index contributed by atoms with van der Waals surface area (Å²) in [6.07, 6.45) is 0. The minimum atomic E-state index is -2.98. The smallest absolute Gasteiger partial charge is 0.171 e. The molecule has 0 unspecified atom stereocenters. The third-order valence-corrected chi connectivity index (χ3v) is 8.83. The molecule has 0 radical (unpaired) electrons. The molecule has 0 saturated heterocycles. The van der Waals surface area contributed by atoms with E-state index in [1.165, 1.54) is 11.1 Å². The number of benzene rings is 5. The van der Waals surface area contributed by atoms with Crippen LogP contribution in [0.15, 0.2) is 140 Å². The highest BCUT2D eigenvalue weighted by molar-refractivity contribution is 7.85. The van der Waals surface area contributed by atoms with E-state index in [1.54, 1.807) is 0 Å². The molecule has 0 spiro atoms. The van der Waals surface area contributed by atoms with Crippen molar-refractivity contribution in [2.75, 3.05) is 0 Å². The molecule has 0 aliphatic rings. The molecule has 0 fully saturated rings. The predicted molar refractivity (Wildman–Crippen MR) is 137 cm³/mol. The van der Waals surface area contributed by atoms with Gasteiger partial charge in [0.25, 0.3) is 0 Å². The van der Waals surface area contributed by atoms with Crippen LogP contribution in [0.3, 0.4) is 0 Å². The van der Waals surface area contributed by atoms with Gasteiger partial charge in [-0.05, 0) is 28.3 Å². The van der Waals surface area contributed by atoms with Crippen LogP contribution in [0.25, 0.3) is 22.3 Å². The summed E-state index contributed by atoms with van der Waals surface area (Å²) in [5.74, 6) is 0. The van der Waals surface area contributed by atoms with Gasteiger partial charge in [0.2, 0.25) is 0 Å². The maximum absolute atomic E-state index is 14.6. The van der Waals surface area contributed by atoms with E-state index in [1.807, 2.05) is 78.9 Å². The van der Waals surface area contributed by atoms with Gasteiger partial charge in [-0.15, -0.1) is 0 Å². The summed E-state index contributed by atoms with van der Waals surface area (Å²) >= 11 is 0. The van der Waals surface area contributed by atoms with E-state index in [4.69, 9.17) is 0 Å². The highest BCUT2D eigenvalue weighted by Gasteiger charge is 2.29. The average Bonchev–Trinajstić information content (AvgIpc) is 2.90. The molecule has 5 aromatic rings. The quantitative estimate of drug-likeness (QED) is 0.285. The fraction of sp³-hybridized carbons (Fsp3) is 0. The summed E-state index contributed by atoms with van der Waals surface area (Å²) in [5.41, 5.74) is 4.56. The maximum atomic E-state index is 14.6. The molecule has 0 bridgehead atoms. The molecule has 5 aromatic carbocycles. The van der Waals surface area contributed by atoms with E-state index < -0.39 is 7.14 Å². The van der Waals surface area contributed by atoms with Crippen molar-refractivity contribution in [3.8, 4) is 22.3 Å². The van der Waals surface area contributed by atoms with E-state index in [0.717, 1.165) is 27.0 Å². The molecule has 0 aliphatic carbocycles. The molecular formula is C30H23OP. The Balaban J connectivity index is 1.58. The lowest BCUT2D eigenvalue weighted by molar-refractivity contribution is 0.592. The molecular weight excluding hydrogens is 407 g/mol. The molecule has 0 N–H and O–H groups in total. The van der Waals surface area contributed by atoms with Crippen LogP contribution in [-0.2, 0) is 4.57 Å². The Morgan fingerprint density at radius 3 is 1.25 bits per heavy atom. The third-order valence-electron chi connectivity index (χ3n) is 5.77. The summed E-state index contributed by atoms with van der Waals surface area (Å²) in [6.45, 7) is 0. The van der Waals surface area contributed by atoms with Gasteiger partial charge in [-0.25, -0.2) is 0 Å². The molecule has 1 nitrogen and oxygen atoms in total. The first-order chi connectivity index (χ1) is 15.7. The van der Waals surface area contributed by atoms with Crippen LogP contribution in [0.5, 0.6) is 0 Å². The van der Waals surface area contributed by atoms with Crippen molar-refractivity contribution in [1.29, 1.82) is 0 Å². The minimum Gasteiger partial charge on any atom is -0.309 e. The molecule has 0 amide bonds. The second kappa shape index (κ2) is 8.83. The Hall–Kier alpha value is -3.67. The van der Waals surface area contributed by atoms with Crippen molar-refractivity contribution in [1.82, 2.24) is 0 Å². The van der Waals surface area contributed by atoms with Crippen LogP contribution in [0.1, 0.15) is 0 Å². The van der Waals surface area contributed by atoms with E-state index in [-0.39, 0.29) is 0 Å². The lowest BCUT2D eigenvalue weighted by atomic mass is 10.0. The minimum absolute atomic E-state index is 0.847. The summed E-state index contributed by atoms with van der Waals surface area (Å²) in [6, 6.07) is 46.7. The van der Waals surface area contributed by atoms with Crippen molar-refractivity contribution in [3.05, 3.63) is 140 Å². The first kappa shape index (κ1) is 20.2. The van der Waals surface area contributed by atoms with Crippen LogP contribution >= 0.6 is 7.14 Å². The molecule has 2 heteroatoms. The van der Waals surface area contributed by atoms with Gasteiger partial charge >= 0.3 is 0 Å². The highest BCUT2D eigenvalue weighted by atomic mass is 31.2. The molecule has 0 heterocycles. The normalized spacial score (nSPS) is 11.2. The molecule has 0 aromatic heterocycles. The van der Waals surface area contributed by atoms with E-state index in [2.05, 4.69) is 60.7 Å². The van der Waals surface area contributed by atoms with Gasteiger partial charge in [-0.3, -0.25) is 0 Å². The maximum Gasteiger partial charge on any atom is 0.171 e. The zero-order chi connectivity index (χ0) is 21.8. The van der Waals surface area contributed by atoms with Crippen LogP contribution in [0.4, 0.5) is 0 Å². The molecule has 32 heavy (non-hydrogen) atoms. The monoisotopic (exact) mass is 430 g/mol. The van der Waals surface area contributed by atoms with E-state index >= 15 is 0 Å². The van der Waals surface area contributed by atoms with Crippen molar-refractivity contribution in [2.45, 2.75) is 0 Å². The number of rotatable bonds is 5. The van der Waals surface area contributed by atoms with Crippen LogP contribution in [-0.4, -0.2) is 0 Å². The van der Waals surface area contributed by atoms with Gasteiger partial charge in [0.15, 0.2) is 7.14 Å². The lowest BCUT2D eigenvalue weighted by Crippen LogP contribution is -2.25. The van der Waals surface area contributed by atoms with Crippen molar-refractivity contribution in [2.24, 2.45) is 0 Å². The highest BCUT2D eigenvalue weighted by Crippen LogP contribution is 2.43. The van der Waals surface area contributed by atoms with Crippen LogP contribution in [0, 0.1) is 0 Å². The Morgan fingerprint density at radius 2 is 0.719 bits per heavy atom. The van der Waals surface area contributed by atoms with Gasteiger partial charge in [-0.2, -0.15) is 0 Å². The average molecular weight is 430 g/mol. The third kappa shape index (κ3) is 3.84. The first-order valence-electron chi connectivity index (χ1n) is 10.7. The molecule has 0 aliphatic heterocycles. The van der Waals surface area contributed by atoms with Crippen molar-refractivity contribution >= 4 is 23.1 Å². The zero-order valence-electron chi connectivity index (χ0n) is 17.6. The number of hydrogen-bond donors (Lipinski definition) is 0. The predicted octanol–water partition coefficient (Wildman–Crippen LogP) is 6.66. The Morgan fingerprint density at radius 1 is 0.344 bits per heavy atom. The fourth-order valence-electron chi connectivity index (χ4n) is 4.09. The molecule has 0 saturated carbocycles. The van der Waals surface area contributed by atoms with Crippen molar-refractivity contribution < 1.29 is 4.57 Å². The molecule has 5 rings (SSSR count). The summed E-state index contributed by atoms with van der Waals surface area (Å²) in [7, 11) is -2.98. The Labute approximate surface area is 189 Å². The van der Waals surface area contributed by atoms with Gasteiger partial charge < -0.3 is 4.57 Å². The second-order valence-electron chi connectivity index (χ2n) is 7.77. The number of hydrogen-bond acceptors (Lipinski definition) is 1. The standard InChI is InChI=1S/C30H23OP/c31-32(28-14-6-2-7-15-28,29-16-8-3-9-17-29)30-18-10-13-27(23-30)26-21-19-25(20-22-26)24-11-4-1-5-12-24/h1-23H. The summed E-state index contributed by atoms with van der Waals surface area (Å²) in [4.78, 5) is 0. The Kier molecular flexibility index (Phi) is 5.58. The lowest BCUT2D eigenvalue weighted by Gasteiger charge is -2.20. The first-order valence-corrected chi connectivity index (χ1v) is 12.4. The van der Waals surface area contributed by atoms with Gasteiger partial charge in [0, 0.05) is 15.9 Å².